The van der Waals surface area contributed by atoms with Crippen molar-refractivity contribution in [3.8, 4) is 0 Å². The van der Waals surface area contributed by atoms with Gasteiger partial charge in [-0.25, -0.2) is 9.78 Å². The van der Waals surface area contributed by atoms with Crippen LogP contribution in [0, 0.1) is 0 Å². The molecule has 0 unspecified atom stereocenters. The van der Waals surface area contributed by atoms with Crippen molar-refractivity contribution < 1.29 is 14.3 Å². The van der Waals surface area contributed by atoms with Crippen LogP contribution in [0.1, 0.15) is 12.5 Å². The van der Waals surface area contributed by atoms with Crippen molar-refractivity contribution in [2.45, 2.75) is 13.0 Å². The van der Waals surface area contributed by atoms with E-state index in [1.165, 1.54) is 19.2 Å². The van der Waals surface area contributed by atoms with Gasteiger partial charge >= 0.3 is 5.97 Å². The first-order valence-electron chi connectivity index (χ1n) is 7.01. The lowest BCUT2D eigenvalue weighted by Crippen LogP contribution is -2.29. The molecule has 0 bridgehead atoms. The van der Waals surface area contributed by atoms with E-state index < -0.39 is 18.0 Å². The molecule has 0 saturated heterocycles. The van der Waals surface area contributed by atoms with Gasteiger partial charge in [-0.05, 0) is 42.8 Å². The molecule has 1 N–H and O–H groups in total. The maximum Gasteiger partial charge on any atom is 0.331 e. The van der Waals surface area contributed by atoms with Crippen molar-refractivity contribution >= 4 is 51.2 Å². The molecule has 0 aliphatic carbocycles. The topological polar surface area (TPSA) is 68.3 Å². The zero-order chi connectivity index (χ0) is 17.5. The van der Waals surface area contributed by atoms with Crippen LogP contribution < -0.4 is 5.32 Å². The highest BCUT2D eigenvalue weighted by Crippen LogP contribution is 2.18. The molecule has 0 aliphatic heterocycles. The highest BCUT2D eigenvalue weighted by atomic mass is 79.9. The fourth-order valence-corrected chi connectivity index (χ4v) is 2.34. The van der Waals surface area contributed by atoms with Crippen molar-refractivity contribution in [1.82, 2.24) is 4.98 Å². The highest BCUT2D eigenvalue weighted by molar-refractivity contribution is 9.10. The molecule has 1 heterocycles. The summed E-state index contributed by atoms with van der Waals surface area (Å²) in [7, 11) is 0. The second-order valence-corrected chi connectivity index (χ2v) is 6.07. The Morgan fingerprint density at radius 2 is 2.12 bits per heavy atom. The first-order valence-corrected chi connectivity index (χ1v) is 8.18. The summed E-state index contributed by atoms with van der Waals surface area (Å²) >= 11 is 9.21. The number of rotatable bonds is 5. The number of benzene rings is 1. The lowest BCUT2D eigenvalue weighted by atomic mass is 10.2. The third-order valence-electron chi connectivity index (χ3n) is 2.94. The van der Waals surface area contributed by atoms with Crippen LogP contribution in [0.15, 0.2) is 53.1 Å². The Kier molecular flexibility index (Phi) is 6.52. The molecule has 1 atom stereocenters. The van der Waals surface area contributed by atoms with Gasteiger partial charge in [-0.1, -0.05) is 39.7 Å². The Morgan fingerprint density at radius 3 is 2.83 bits per heavy atom. The molecule has 0 spiro atoms. The predicted molar refractivity (Wildman–Crippen MR) is 96.6 cm³/mol. The van der Waals surface area contributed by atoms with Gasteiger partial charge in [0, 0.05) is 16.7 Å². The van der Waals surface area contributed by atoms with E-state index in [1.54, 1.807) is 18.2 Å². The second-order valence-electron chi connectivity index (χ2n) is 4.80. The third kappa shape index (κ3) is 5.47. The zero-order valence-corrected chi connectivity index (χ0v) is 15.0. The van der Waals surface area contributed by atoms with E-state index >= 15 is 0 Å². The highest BCUT2D eigenvalue weighted by Gasteiger charge is 2.17. The van der Waals surface area contributed by atoms with Crippen LogP contribution in [0.2, 0.25) is 5.15 Å². The first kappa shape index (κ1) is 18.2. The molecule has 5 nitrogen and oxygen atoms in total. The minimum absolute atomic E-state index is 0.166. The van der Waals surface area contributed by atoms with Gasteiger partial charge in [0.2, 0.25) is 0 Å². The normalized spacial score (nSPS) is 12.0. The van der Waals surface area contributed by atoms with Gasteiger partial charge in [0.1, 0.15) is 0 Å². The molecular formula is C17H14BrClN2O3. The van der Waals surface area contributed by atoms with E-state index in [0.717, 1.165) is 10.0 Å². The van der Waals surface area contributed by atoms with Crippen molar-refractivity contribution in [2.24, 2.45) is 0 Å². The number of hydrogen-bond donors (Lipinski definition) is 1. The second kappa shape index (κ2) is 8.61. The van der Waals surface area contributed by atoms with Crippen molar-refractivity contribution in [3.05, 3.63) is 63.9 Å². The van der Waals surface area contributed by atoms with E-state index in [4.69, 9.17) is 16.3 Å². The molecule has 1 aromatic carbocycles. The van der Waals surface area contributed by atoms with Crippen molar-refractivity contribution in [1.29, 1.82) is 0 Å². The first-order chi connectivity index (χ1) is 11.5. The molecule has 7 heteroatoms. The Hall–Kier alpha value is -2.18. The molecule has 1 amide bonds. The Balaban J connectivity index is 1.91. The molecule has 0 fully saturated rings. The van der Waals surface area contributed by atoms with Crippen molar-refractivity contribution in [2.75, 3.05) is 5.32 Å². The van der Waals surface area contributed by atoms with E-state index in [0.29, 0.717) is 5.69 Å². The van der Waals surface area contributed by atoms with E-state index in [2.05, 4.69) is 26.2 Å². The lowest BCUT2D eigenvalue weighted by Gasteiger charge is -2.12. The van der Waals surface area contributed by atoms with Gasteiger partial charge < -0.3 is 10.1 Å². The summed E-state index contributed by atoms with van der Waals surface area (Å²) in [6.45, 7) is 1.48. The molecule has 1 aromatic heterocycles. The number of hydrogen-bond acceptors (Lipinski definition) is 4. The lowest BCUT2D eigenvalue weighted by molar-refractivity contribution is -0.148. The fraction of sp³-hybridized carbons (Fsp3) is 0.118. The summed E-state index contributed by atoms with van der Waals surface area (Å²) in [4.78, 5) is 27.7. The van der Waals surface area contributed by atoms with Gasteiger partial charge in [0.05, 0.1) is 5.69 Å². The monoisotopic (exact) mass is 408 g/mol. The summed E-state index contributed by atoms with van der Waals surface area (Å²) in [5, 5.41) is 2.72. The SMILES string of the molecule is C[C@@H](OC(=O)/C=C/c1cccc(Br)c1)C(=O)Nc1cccnc1Cl. The smallest absolute Gasteiger partial charge is 0.331 e. The number of nitrogens with one attached hydrogen (secondary N) is 1. The zero-order valence-electron chi connectivity index (χ0n) is 12.7. The minimum atomic E-state index is -0.971. The average molecular weight is 410 g/mol. The van der Waals surface area contributed by atoms with Gasteiger partial charge in [0.25, 0.3) is 5.91 Å². The summed E-state index contributed by atoms with van der Waals surface area (Å²) < 4.78 is 5.97. The van der Waals surface area contributed by atoms with Crippen LogP contribution in [0.5, 0.6) is 0 Å². The summed E-state index contributed by atoms with van der Waals surface area (Å²) in [6.07, 6.45) is 3.41. The number of aromatic nitrogens is 1. The minimum Gasteiger partial charge on any atom is -0.449 e. The Bertz CT molecular complexity index is 780. The van der Waals surface area contributed by atoms with Crippen LogP contribution in [0.25, 0.3) is 6.08 Å². The molecule has 0 saturated carbocycles. The maximum atomic E-state index is 12.0. The van der Waals surface area contributed by atoms with Gasteiger partial charge in [-0.2, -0.15) is 0 Å². The van der Waals surface area contributed by atoms with Crippen LogP contribution in [-0.4, -0.2) is 23.0 Å². The molecule has 24 heavy (non-hydrogen) atoms. The van der Waals surface area contributed by atoms with Crippen LogP contribution in [0.3, 0.4) is 0 Å². The average Bonchev–Trinajstić information content (AvgIpc) is 2.55. The molecule has 2 rings (SSSR count). The molecule has 0 radical (unpaired) electrons. The van der Waals surface area contributed by atoms with Crippen LogP contribution >= 0.6 is 27.5 Å². The van der Waals surface area contributed by atoms with E-state index in [9.17, 15) is 9.59 Å². The Morgan fingerprint density at radius 1 is 1.33 bits per heavy atom. The van der Waals surface area contributed by atoms with E-state index in [1.807, 2.05) is 24.3 Å². The number of anilines is 1. The molecule has 2 aromatic rings. The number of ether oxygens (including phenoxy) is 1. The molecule has 124 valence electrons. The number of esters is 1. The number of carbonyl (C=O) groups is 2. The Labute approximate surface area is 152 Å². The van der Waals surface area contributed by atoms with Crippen molar-refractivity contribution in [3.63, 3.8) is 0 Å². The molecular weight excluding hydrogens is 396 g/mol. The molecule has 0 aliphatic rings. The summed E-state index contributed by atoms with van der Waals surface area (Å²) in [5.41, 5.74) is 1.19. The van der Waals surface area contributed by atoms with Gasteiger partial charge in [-0.15, -0.1) is 0 Å². The van der Waals surface area contributed by atoms with E-state index in [-0.39, 0.29) is 5.15 Å². The summed E-state index contributed by atoms with van der Waals surface area (Å²) in [6, 6.07) is 10.7. The van der Waals surface area contributed by atoms with Gasteiger partial charge in [-0.3, -0.25) is 4.79 Å². The predicted octanol–water partition coefficient (Wildman–Crippen LogP) is 4.08. The fourth-order valence-electron chi connectivity index (χ4n) is 1.76. The quantitative estimate of drug-likeness (QED) is 0.459. The summed E-state index contributed by atoms with van der Waals surface area (Å²) in [5.74, 6) is -1.11. The standard InChI is InChI=1S/C17H14BrClN2O3/c1-11(17(23)21-14-6-3-9-20-16(14)19)24-15(22)8-7-12-4-2-5-13(18)10-12/h2-11H,1H3,(H,21,23)/b8-7+/t11-/m1/s1. The third-order valence-corrected chi connectivity index (χ3v) is 3.73. The largest absolute Gasteiger partial charge is 0.449 e. The number of amides is 1. The number of halogens is 2. The van der Waals surface area contributed by atoms with Gasteiger partial charge in [0.15, 0.2) is 11.3 Å². The number of pyridine rings is 1. The van der Waals surface area contributed by atoms with Crippen LogP contribution in [-0.2, 0) is 14.3 Å². The van der Waals surface area contributed by atoms with Crippen LogP contribution in [0.4, 0.5) is 5.69 Å². The number of carbonyl (C=O) groups excluding carboxylic acids is 2. The maximum absolute atomic E-state index is 12.0. The number of nitrogens with zero attached hydrogens (tertiary/aromatic N) is 1.